The summed E-state index contributed by atoms with van der Waals surface area (Å²) in [6.45, 7) is 0. The fraction of sp³-hybridized carbons (Fsp3) is 0. The molecule has 0 saturated carbocycles. The van der Waals surface area contributed by atoms with E-state index in [1.807, 2.05) is 5.04 Å². The van der Waals surface area contributed by atoms with Crippen LogP contribution in [0.1, 0.15) is 0 Å². The number of hydrogen-bond acceptors (Lipinski definition) is 3. The van der Waals surface area contributed by atoms with Crippen LogP contribution in [0, 0.1) is 0 Å². The second kappa shape index (κ2) is 9.99. The smallest absolute Gasteiger partial charge is 0 e. The normalized spacial score (nSPS) is 4.50. The van der Waals surface area contributed by atoms with E-state index in [4.69, 9.17) is 10.5 Å². The first-order valence-corrected chi connectivity index (χ1v) is 0.349. The second-order valence-electron chi connectivity index (χ2n) is 0.0745. The third kappa shape index (κ3) is 29.4. The molecule has 0 heterocycles. The standard InChI is InChI=1S/Mn.H2O3/c;1-3-2/h;1-2H/p-1. The van der Waals surface area contributed by atoms with Crippen LogP contribution in [0.5, 0.6) is 0 Å². The molecule has 0 bridgehead atoms. The van der Waals surface area contributed by atoms with Crippen molar-refractivity contribution in [3.8, 4) is 0 Å². The molecular formula is HMnO3-. The first kappa shape index (κ1) is 8.83. The van der Waals surface area contributed by atoms with Crippen LogP contribution in [0.15, 0.2) is 0 Å². The Kier molecular flexibility index (Phi) is 22.1. The summed E-state index contributed by atoms with van der Waals surface area (Å²) < 4.78 is 0. The summed E-state index contributed by atoms with van der Waals surface area (Å²) in [6.07, 6.45) is 0. The number of rotatable bonds is 0. The summed E-state index contributed by atoms with van der Waals surface area (Å²) in [6, 6.07) is 0. The van der Waals surface area contributed by atoms with Gasteiger partial charge in [-0.25, -0.2) is 0 Å². The van der Waals surface area contributed by atoms with Gasteiger partial charge in [-0.2, -0.15) is 0 Å². The van der Waals surface area contributed by atoms with Crippen molar-refractivity contribution in [3.63, 3.8) is 0 Å². The topological polar surface area (TPSA) is 52.5 Å². The van der Waals surface area contributed by atoms with E-state index >= 15 is 0 Å². The molecule has 0 aliphatic carbocycles. The van der Waals surface area contributed by atoms with E-state index in [-0.39, 0.29) is 17.1 Å². The molecule has 0 aliphatic heterocycles. The Hall–Kier alpha value is 0.399. The molecule has 0 fully saturated rings. The van der Waals surface area contributed by atoms with Gasteiger partial charge in [-0.05, 0) is 0 Å². The first-order chi connectivity index (χ1) is 1.41. The Morgan fingerprint density at radius 2 is 1.75 bits per heavy atom. The van der Waals surface area contributed by atoms with Crippen molar-refractivity contribution in [1.82, 2.24) is 0 Å². The van der Waals surface area contributed by atoms with Gasteiger partial charge < -0.3 is 10.3 Å². The van der Waals surface area contributed by atoms with Gasteiger partial charge in [0.2, 0.25) is 0 Å². The Morgan fingerprint density at radius 3 is 1.75 bits per heavy atom. The van der Waals surface area contributed by atoms with Gasteiger partial charge in [0, 0.05) is 17.1 Å². The molecule has 3 nitrogen and oxygen atoms in total. The van der Waals surface area contributed by atoms with Crippen molar-refractivity contribution in [2.24, 2.45) is 0 Å². The Bertz CT molecular complexity index is 3.25. The largest absolute Gasteiger partial charge is 0.692 e. The Labute approximate surface area is 33.5 Å². The van der Waals surface area contributed by atoms with Crippen molar-refractivity contribution in [3.05, 3.63) is 0 Å². The summed E-state index contributed by atoms with van der Waals surface area (Å²) in [5.74, 6) is 0. The molecule has 0 aromatic carbocycles. The molecule has 4 heavy (non-hydrogen) atoms. The minimum absolute atomic E-state index is 0. The fourth-order valence-electron chi connectivity index (χ4n) is 0. The van der Waals surface area contributed by atoms with Crippen LogP contribution in [0.25, 0.3) is 0 Å². The van der Waals surface area contributed by atoms with E-state index < -0.39 is 0 Å². The molecule has 1 N–H and O–H groups in total. The predicted octanol–water partition coefficient (Wildman–Crippen LogP) is -1.25. The van der Waals surface area contributed by atoms with Crippen molar-refractivity contribution in [1.29, 1.82) is 0 Å². The molecule has 4 heteroatoms. The van der Waals surface area contributed by atoms with Crippen molar-refractivity contribution < 1.29 is 32.6 Å². The van der Waals surface area contributed by atoms with Gasteiger partial charge in [-0.1, -0.05) is 0 Å². The first-order valence-electron chi connectivity index (χ1n) is 0.349. The molecule has 0 atom stereocenters. The zero-order chi connectivity index (χ0) is 2.71. The quantitative estimate of drug-likeness (QED) is 0.237. The average molecular weight is 104 g/mol. The summed E-state index contributed by atoms with van der Waals surface area (Å²) in [7, 11) is 0. The maximum atomic E-state index is 7.99. The summed E-state index contributed by atoms with van der Waals surface area (Å²) >= 11 is 0. The SMILES string of the molecule is [Mn].[O-]OO. The van der Waals surface area contributed by atoms with Crippen LogP contribution in [0.3, 0.4) is 0 Å². The molecule has 0 spiro atoms. The molecule has 0 unspecified atom stereocenters. The summed E-state index contributed by atoms with van der Waals surface area (Å²) in [5.41, 5.74) is 0. The van der Waals surface area contributed by atoms with Crippen molar-refractivity contribution >= 4 is 0 Å². The molecule has 0 saturated heterocycles. The van der Waals surface area contributed by atoms with Gasteiger partial charge in [-0.15, -0.1) is 0 Å². The third-order valence-electron chi connectivity index (χ3n) is 0. The van der Waals surface area contributed by atoms with Gasteiger partial charge in [0.25, 0.3) is 0 Å². The van der Waals surface area contributed by atoms with Crippen LogP contribution in [0.2, 0.25) is 0 Å². The molecule has 0 aliphatic rings. The van der Waals surface area contributed by atoms with Gasteiger partial charge in [0.1, 0.15) is 0 Å². The second-order valence-corrected chi connectivity index (χ2v) is 0.0745. The average Bonchev–Trinajstić information content (AvgIpc) is 0.918. The molecule has 27 valence electrons. The summed E-state index contributed by atoms with van der Waals surface area (Å²) in [4.78, 5) is 0. The van der Waals surface area contributed by atoms with Gasteiger partial charge in [-0.3, -0.25) is 5.26 Å². The minimum Gasteiger partial charge on any atom is -0.692 e. The molecule has 0 amide bonds. The van der Waals surface area contributed by atoms with E-state index in [0.29, 0.717) is 0 Å². The summed E-state index contributed by atoms with van der Waals surface area (Å²) in [5, 5.41) is 16.5. The van der Waals surface area contributed by atoms with Crippen LogP contribution in [0.4, 0.5) is 0 Å². The Morgan fingerprint density at radius 1 is 1.75 bits per heavy atom. The molecular weight excluding hydrogens is 103 g/mol. The predicted molar refractivity (Wildman–Crippen MR) is 3.71 cm³/mol. The maximum absolute atomic E-state index is 7.99. The van der Waals surface area contributed by atoms with Crippen LogP contribution >= 0.6 is 0 Å². The van der Waals surface area contributed by atoms with E-state index in [1.165, 1.54) is 0 Å². The van der Waals surface area contributed by atoms with E-state index in [2.05, 4.69) is 0 Å². The fourth-order valence-corrected chi connectivity index (χ4v) is 0. The van der Waals surface area contributed by atoms with E-state index in [0.717, 1.165) is 0 Å². The van der Waals surface area contributed by atoms with Gasteiger partial charge in [0.15, 0.2) is 0 Å². The minimum atomic E-state index is 0. The molecule has 1 radical (unpaired) electrons. The zero-order valence-corrected chi connectivity index (χ0v) is 2.82. The van der Waals surface area contributed by atoms with E-state index in [9.17, 15) is 0 Å². The van der Waals surface area contributed by atoms with E-state index in [1.54, 1.807) is 0 Å². The number of hydrogen-bond donors (Lipinski definition) is 1. The third-order valence-corrected chi connectivity index (χ3v) is 0. The molecule has 0 rings (SSSR count). The van der Waals surface area contributed by atoms with Crippen LogP contribution in [-0.4, -0.2) is 5.26 Å². The Balaban J connectivity index is 0. The monoisotopic (exact) mass is 104 g/mol. The van der Waals surface area contributed by atoms with Gasteiger partial charge >= 0.3 is 0 Å². The molecule has 0 aromatic rings. The zero-order valence-electron chi connectivity index (χ0n) is 1.64. The van der Waals surface area contributed by atoms with Crippen LogP contribution < -0.4 is 5.26 Å². The van der Waals surface area contributed by atoms with Crippen molar-refractivity contribution in [2.45, 2.75) is 0 Å². The van der Waals surface area contributed by atoms with Crippen molar-refractivity contribution in [2.75, 3.05) is 0 Å². The van der Waals surface area contributed by atoms with Crippen LogP contribution in [-0.2, 0) is 22.1 Å². The molecule has 0 aromatic heterocycles. The van der Waals surface area contributed by atoms with Gasteiger partial charge in [0.05, 0.1) is 0 Å². The maximum Gasteiger partial charge on any atom is 0 e.